The van der Waals surface area contributed by atoms with Crippen molar-refractivity contribution >= 4 is 5.69 Å². The van der Waals surface area contributed by atoms with Gasteiger partial charge in [-0.25, -0.2) is 0 Å². The van der Waals surface area contributed by atoms with E-state index in [1.165, 1.54) is 0 Å². The molecule has 0 unspecified atom stereocenters. The van der Waals surface area contributed by atoms with Gasteiger partial charge in [-0.1, -0.05) is 18.2 Å². The zero-order valence-electron chi connectivity index (χ0n) is 10.1. The number of nitrogen functional groups attached to an aromatic ring is 1. The minimum absolute atomic E-state index is 0.124. The number of methoxy groups -OCH3 is 1. The number of phenols is 1. The van der Waals surface area contributed by atoms with Crippen molar-refractivity contribution in [3.05, 3.63) is 48.0 Å². The molecule has 4 heteroatoms. The molecule has 0 saturated carbocycles. The molecule has 0 heterocycles. The molecule has 0 spiro atoms. The van der Waals surface area contributed by atoms with Crippen molar-refractivity contribution in [3.63, 3.8) is 0 Å². The number of phenolic OH excluding ortho intramolecular Hbond substituents is 1. The molecule has 3 N–H and O–H groups in total. The Labute approximate surface area is 106 Å². The second-order valence-corrected chi connectivity index (χ2v) is 3.83. The third kappa shape index (κ3) is 2.66. The van der Waals surface area contributed by atoms with E-state index in [4.69, 9.17) is 15.2 Å². The molecule has 0 aliphatic heterocycles. The number of hydrogen-bond acceptors (Lipinski definition) is 4. The highest BCUT2D eigenvalue weighted by Crippen LogP contribution is 2.26. The number of nitrogens with two attached hydrogens (primary N) is 1. The first kappa shape index (κ1) is 12.1. The molecule has 0 saturated heterocycles. The van der Waals surface area contributed by atoms with Gasteiger partial charge in [-0.2, -0.15) is 0 Å². The number of hydrogen-bond donors (Lipinski definition) is 2. The summed E-state index contributed by atoms with van der Waals surface area (Å²) in [4.78, 5) is 0. The molecule has 0 aliphatic carbocycles. The summed E-state index contributed by atoms with van der Waals surface area (Å²) in [5, 5.41) is 9.56. The summed E-state index contributed by atoms with van der Waals surface area (Å²) < 4.78 is 10.6. The van der Waals surface area contributed by atoms with Crippen LogP contribution in [0.1, 0.15) is 5.56 Å². The molecule has 0 amide bonds. The zero-order chi connectivity index (χ0) is 13.0. The zero-order valence-corrected chi connectivity index (χ0v) is 10.1. The maximum atomic E-state index is 9.56. The Balaban J connectivity index is 2.07. The van der Waals surface area contributed by atoms with Crippen LogP contribution in [0.5, 0.6) is 17.2 Å². The number of aromatic hydroxyl groups is 1. The van der Waals surface area contributed by atoms with Crippen LogP contribution in [0.25, 0.3) is 0 Å². The minimum Gasteiger partial charge on any atom is -0.504 e. The van der Waals surface area contributed by atoms with Crippen LogP contribution < -0.4 is 15.2 Å². The molecule has 2 aromatic rings. The third-order valence-electron chi connectivity index (χ3n) is 2.55. The van der Waals surface area contributed by atoms with Crippen molar-refractivity contribution in [2.75, 3.05) is 12.8 Å². The predicted octanol–water partition coefficient (Wildman–Crippen LogP) is 2.56. The topological polar surface area (TPSA) is 64.7 Å². The number of anilines is 1. The van der Waals surface area contributed by atoms with Crippen molar-refractivity contribution in [1.82, 2.24) is 0 Å². The van der Waals surface area contributed by atoms with E-state index in [1.54, 1.807) is 43.5 Å². The molecule has 2 aromatic carbocycles. The van der Waals surface area contributed by atoms with Crippen molar-refractivity contribution < 1.29 is 14.6 Å². The van der Waals surface area contributed by atoms with E-state index in [9.17, 15) is 5.11 Å². The molecule has 0 aliphatic rings. The van der Waals surface area contributed by atoms with Crippen LogP contribution in [-0.4, -0.2) is 12.2 Å². The molecule has 18 heavy (non-hydrogen) atoms. The Kier molecular flexibility index (Phi) is 3.57. The average Bonchev–Trinajstić information content (AvgIpc) is 2.38. The monoisotopic (exact) mass is 245 g/mol. The summed E-state index contributed by atoms with van der Waals surface area (Å²) in [5.41, 5.74) is 7.28. The smallest absolute Gasteiger partial charge is 0.161 e. The minimum atomic E-state index is 0.124. The van der Waals surface area contributed by atoms with Crippen molar-refractivity contribution in [2.45, 2.75) is 6.61 Å². The van der Waals surface area contributed by atoms with Gasteiger partial charge in [-0.3, -0.25) is 0 Å². The second-order valence-electron chi connectivity index (χ2n) is 3.83. The molecule has 0 atom stereocenters. The van der Waals surface area contributed by atoms with Gasteiger partial charge in [0.1, 0.15) is 12.4 Å². The summed E-state index contributed by atoms with van der Waals surface area (Å²) in [6.45, 7) is 0.339. The fraction of sp³-hybridized carbons (Fsp3) is 0.143. The first-order valence-electron chi connectivity index (χ1n) is 5.54. The van der Waals surface area contributed by atoms with Gasteiger partial charge in [-0.15, -0.1) is 0 Å². The highest BCUT2D eigenvalue weighted by atomic mass is 16.5. The number of para-hydroxylation sites is 2. The highest BCUT2D eigenvalue weighted by Gasteiger charge is 2.03. The van der Waals surface area contributed by atoms with Crippen molar-refractivity contribution in [2.24, 2.45) is 0 Å². The molecule has 0 radical (unpaired) electrons. The Morgan fingerprint density at radius 2 is 1.89 bits per heavy atom. The summed E-state index contributed by atoms with van der Waals surface area (Å²) in [5.74, 6) is 1.21. The van der Waals surface area contributed by atoms with Crippen LogP contribution in [-0.2, 0) is 6.61 Å². The van der Waals surface area contributed by atoms with Gasteiger partial charge in [0.15, 0.2) is 11.5 Å². The van der Waals surface area contributed by atoms with Gasteiger partial charge in [0.2, 0.25) is 0 Å². The molecule has 0 fully saturated rings. The van der Waals surface area contributed by atoms with Gasteiger partial charge < -0.3 is 20.3 Å². The van der Waals surface area contributed by atoms with Crippen LogP contribution in [0.3, 0.4) is 0 Å². The quantitative estimate of drug-likeness (QED) is 0.812. The lowest BCUT2D eigenvalue weighted by Crippen LogP contribution is -1.98. The number of rotatable bonds is 4. The molecule has 0 bridgehead atoms. The molecular formula is C14H15NO3. The number of benzene rings is 2. The van der Waals surface area contributed by atoms with E-state index < -0.39 is 0 Å². The summed E-state index contributed by atoms with van der Waals surface area (Å²) in [6, 6.07) is 12.3. The summed E-state index contributed by atoms with van der Waals surface area (Å²) in [6.07, 6.45) is 0. The molecule has 94 valence electrons. The lowest BCUT2D eigenvalue weighted by atomic mass is 10.2. The Hall–Kier alpha value is -2.36. The van der Waals surface area contributed by atoms with Gasteiger partial charge in [0, 0.05) is 0 Å². The SMILES string of the molecule is COc1ccc(COc2ccccc2O)cc1N. The van der Waals surface area contributed by atoms with E-state index in [1.807, 2.05) is 6.07 Å². The summed E-state index contributed by atoms with van der Waals surface area (Å²) in [7, 11) is 1.57. The average molecular weight is 245 g/mol. The Bertz CT molecular complexity index is 540. The molecule has 0 aromatic heterocycles. The van der Waals surface area contributed by atoms with E-state index in [0.29, 0.717) is 23.8 Å². The normalized spacial score (nSPS) is 10.1. The largest absolute Gasteiger partial charge is 0.504 e. The van der Waals surface area contributed by atoms with Gasteiger partial charge >= 0.3 is 0 Å². The molecule has 4 nitrogen and oxygen atoms in total. The van der Waals surface area contributed by atoms with Crippen molar-refractivity contribution in [1.29, 1.82) is 0 Å². The van der Waals surface area contributed by atoms with E-state index in [0.717, 1.165) is 5.56 Å². The fourth-order valence-electron chi connectivity index (χ4n) is 1.61. The van der Waals surface area contributed by atoms with Gasteiger partial charge in [-0.05, 0) is 29.8 Å². The third-order valence-corrected chi connectivity index (χ3v) is 2.55. The van der Waals surface area contributed by atoms with E-state index in [-0.39, 0.29) is 5.75 Å². The maximum Gasteiger partial charge on any atom is 0.161 e. The van der Waals surface area contributed by atoms with Crippen LogP contribution in [0.4, 0.5) is 5.69 Å². The predicted molar refractivity (Wildman–Crippen MR) is 69.8 cm³/mol. The molecule has 2 rings (SSSR count). The standard InChI is InChI=1S/C14H15NO3/c1-17-13-7-6-10(8-11(13)15)9-18-14-5-3-2-4-12(14)16/h2-8,16H,9,15H2,1H3. The van der Waals surface area contributed by atoms with Crippen LogP contribution in [0, 0.1) is 0 Å². The number of ether oxygens (including phenoxy) is 2. The van der Waals surface area contributed by atoms with E-state index >= 15 is 0 Å². The van der Waals surface area contributed by atoms with Crippen LogP contribution in [0.15, 0.2) is 42.5 Å². The van der Waals surface area contributed by atoms with Crippen molar-refractivity contribution in [3.8, 4) is 17.2 Å². The lowest BCUT2D eigenvalue weighted by Gasteiger charge is -2.09. The Morgan fingerprint density at radius 1 is 1.11 bits per heavy atom. The second kappa shape index (κ2) is 5.31. The lowest BCUT2D eigenvalue weighted by molar-refractivity contribution is 0.289. The first-order chi connectivity index (χ1) is 8.70. The van der Waals surface area contributed by atoms with Gasteiger partial charge in [0.25, 0.3) is 0 Å². The Morgan fingerprint density at radius 3 is 2.56 bits per heavy atom. The first-order valence-corrected chi connectivity index (χ1v) is 5.54. The fourth-order valence-corrected chi connectivity index (χ4v) is 1.61. The highest BCUT2D eigenvalue weighted by molar-refractivity contribution is 5.54. The van der Waals surface area contributed by atoms with Crippen LogP contribution >= 0.6 is 0 Å². The molecular weight excluding hydrogens is 230 g/mol. The van der Waals surface area contributed by atoms with Gasteiger partial charge in [0.05, 0.1) is 12.8 Å². The van der Waals surface area contributed by atoms with Crippen LogP contribution in [0.2, 0.25) is 0 Å². The maximum absolute atomic E-state index is 9.56. The summed E-state index contributed by atoms with van der Waals surface area (Å²) >= 11 is 0. The van der Waals surface area contributed by atoms with E-state index in [2.05, 4.69) is 0 Å².